The quantitative estimate of drug-likeness (QED) is 0.808. The van der Waals surface area contributed by atoms with Crippen molar-refractivity contribution in [1.29, 1.82) is 0 Å². The van der Waals surface area contributed by atoms with Crippen LogP contribution in [0, 0.1) is 5.92 Å². The molecule has 3 rings (SSSR count). The van der Waals surface area contributed by atoms with Crippen LogP contribution in [-0.2, 0) is 15.9 Å². The van der Waals surface area contributed by atoms with Crippen molar-refractivity contribution in [3.63, 3.8) is 0 Å². The van der Waals surface area contributed by atoms with Crippen molar-refractivity contribution in [2.45, 2.75) is 61.9 Å². The maximum Gasteiger partial charge on any atom is 0.240 e. The molecule has 4 nitrogen and oxygen atoms in total. The van der Waals surface area contributed by atoms with Crippen LogP contribution in [0.1, 0.15) is 44.6 Å². The standard InChI is InChI=1S/C18H27ClN2O2S/c1-14-7-9-21(10-8-14)17-6-5-16(12-17)20-24(22,23)18-4-2-3-15(11-18)13-19/h2-4,11,14,16-17,20H,5-10,12-13H2,1H3. The molecular formula is C18H27ClN2O2S. The third-order valence-corrected chi connectivity index (χ3v) is 7.25. The molecule has 134 valence electrons. The summed E-state index contributed by atoms with van der Waals surface area (Å²) in [7, 11) is -3.47. The Morgan fingerprint density at radius 3 is 2.67 bits per heavy atom. The van der Waals surface area contributed by atoms with Crippen LogP contribution in [-0.4, -0.2) is 38.5 Å². The fraction of sp³-hybridized carbons (Fsp3) is 0.667. The Morgan fingerprint density at radius 2 is 1.96 bits per heavy atom. The summed E-state index contributed by atoms with van der Waals surface area (Å²) in [5, 5.41) is 0. The first kappa shape index (κ1) is 18.2. The van der Waals surface area contributed by atoms with Gasteiger partial charge in [0.15, 0.2) is 0 Å². The first-order valence-electron chi connectivity index (χ1n) is 8.89. The smallest absolute Gasteiger partial charge is 0.240 e. The molecule has 1 saturated carbocycles. The summed E-state index contributed by atoms with van der Waals surface area (Å²) in [6, 6.07) is 7.46. The number of piperidine rings is 1. The average molecular weight is 371 g/mol. The molecule has 2 fully saturated rings. The maximum atomic E-state index is 12.6. The number of likely N-dealkylation sites (tertiary alicyclic amines) is 1. The Hall–Kier alpha value is -0.620. The number of sulfonamides is 1. The van der Waals surface area contributed by atoms with Gasteiger partial charge in [0.2, 0.25) is 10.0 Å². The molecule has 0 radical (unpaired) electrons. The van der Waals surface area contributed by atoms with Gasteiger partial charge in [-0.1, -0.05) is 19.1 Å². The Balaban J connectivity index is 1.60. The normalized spacial score (nSPS) is 26.8. The minimum Gasteiger partial charge on any atom is -0.300 e. The Kier molecular flexibility index (Phi) is 5.85. The van der Waals surface area contributed by atoms with Crippen LogP contribution in [0.3, 0.4) is 0 Å². The third-order valence-electron chi connectivity index (χ3n) is 5.42. The maximum absolute atomic E-state index is 12.6. The molecule has 0 spiro atoms. The SMILES string of the molecule is CC1CCN(C2CCC(NS(=O)(=O)c3cccc(CCl)c3)C2)CC1. The van der Waals surface area contributed by atoms with Crippen molar-refractivity contribution in [3.05, 3.63) is 29.8 Å². The van der Waals surface area contributed by atoms with Gasteiger partial charge >= 0.3 is 0 Å². The molecule has 1 saturated heterocycles. The highest BCUT2D eigenvalue weighted by Crippen LogP contribution is 2.29. The second kappa shape index (κ2) is 7.73. The highest BCUT2D eigenvalue weighted by molar-refractivity contribution is 7.89. The van der Waals surface area contributed by atoms with Gasteiger partial charge in [-0.25, -0.2) is 13.1 Å². The minimum absolute atomic E-state index is 0.0407. The lowest BCUT2D eigenvalue weighted by atomic mass is 9.97. The zero-order valence-corrected chi connectivity index (χ0v) is 15.8. The van der Waals surface area contributed by atoms with Crippen molar-refractivity contribution in [2.75, 3.05) is 13.1 Å². The van der Waals surface area contributed by atoms with Crippen molar-refractivity contribution in [2.24, 2.45) is 5.92 Å². The number of hydrogen-bond donors (Lipinski definition) is 1. The van der Waals surface area contributed by atoms with E-state index in [1.807, 2.05) is 6.07 Å². The van der Waals surface area contributed by atoms with Gasteiger partial charge < -0.3 is 4.90 Å². The molecule has 1 N–H and O–H groups in total. The molecule has 0 bridgehead atoms. The lowest BCUT2D eigenvalue weighted by Crippen LogP contribution is -2.41. The van der Waals surface area contributed by atoms with E-state index in [1.165, 1.54) is 12.8 Å². The molecule has 0 aromatic heterocycles. The second-order valence-corrected chi connectivity index (χ2v) is 9.27. The second-order valence-electron chi connectivity index (χ2n) is 7.28. The van der Waals surface area contributed by atoms with Crippen LogP contribution in [0.5, 0.6) is 0 Å². The van der Waals surface area contributed by atoms with Gasteiger partial charge in [0.1, 0.15) is 0 Å². The van der Waals surface area contributed by atoms with Gasteiger partial charge in [-0.3, -0.25) is 0 Å². The van der Waals surface area contributed by atoms with Gasteiger partial charge in [0.05, 0.1) is 4.90 Å². The highest BCUT2D eigenvalue weighted by Gasteiger charge is 2.33. The van der Waals surface area contributed by atoms with E-state index in [4.69, 9.17) is 11.6 Å². The fourth-order valence-electron chi connectivity index (χ4n) is 3.87. The molecule has 24 heavy (non-hydrogen) atoms. The van der Waals surface area contributed by atoms with E-state index < -0.39 is 10.0 Å². The van der Waals surface area contributed by atoms with E-state index in [-0.39, 0.29) is 6.04 Å². The topological polar surface area (TPSA) is 49.4 Å². The molecule has 1 aromatic rings. The molecule has 0 amide bonds. The van der Waals surface area contributed by atoms with Crippen LogP contribution in [0.15, 0.2) is 29.2 Å². The van der Waals surface area contributed by atoms with E-state index >= 15 is 0 Å². The van der Waals surface area contributed by atoms with E-state index in [2.05, 4.69) is 16.5 Å². The van der Waals surface area contributed by atoms with Gasteiger partial charge in [0, 0.05) is 18.0 Å². The lowest BCUT2D eigenvalue weighted by Gasteiger charge is -2.35. The number of nitrogens with zero attached hydrogens (tertiary/aromatic N) is 1. The zero-order valence-electron chi connectivity index (χ0n) is 14.2. The Morgan fingerprint density at radius 1 is 1.21 bits per heavy atom. The van der Waals surface area contributed by atoms with Crippen molar-refractivity contribution in [3.8, 4) is 0 Å². The number of hydrogen-bond acceptors (Lipinski definition) is 3. The molecule has 1 aromatic carbocycles. The number of benzene rings is 1. The zero-order chi connectivity index (χ0) is 17.2. The molecular weight excluding hydrogens is 344 g/mol. The predicted octanol–water partition coefficient (Wildman–Crippen LogP) is 3.36. The number of alkyl halides is 1. The number of rotatable bonds is 5. The lowest BCUT2D eigenvalue weighted by molar-refractivity contribution is 0.139. The summed E-state index contributed by atoms with van der Waals surface area (Å²) in [6.07, 6.45) is 5.45. The number of nitrogens with one attached hydrogen (secondary N) is 1. The summed E-state index contributed by atoms with van der Waals surface area (Å²) in [5.41, 5.74) is 0.825. The molecule has 1 aliphatic carbocycles. The molecule has 1 heterocycles. The van der Waals surface area contributed by atoms with Gasteiger partial charge in [-0.15, -0.1) is 11.6 Å². The van der Waals surface area contributed by atoms with Gasteiger partial charge in [0.25, 0.3) is 0 Å². The summed E-state index contributed by atoms with van der Waals surface area (Å²) < 4.78 is 28.1. The van der Waals surface area contributed by atoms with Crippen LogP contribution < -0.4 is 4.72 Å². The van der Waals surface area contributed by atoms with Crippen molar-refractivity contribution < 1.29 is 8.42 Å². The highest BCUT2D eigenvalue weighted by atomic mass is 35.5. The Labute approximate surface area is 150 Å². The number of halogens is 1. The van der Waals surface area contributed by atoms with Crippen molar-refractivity contribution >= 4 is 21.6 Å². The van der Waals surface area contributed by atoms with E-state index in [0.29, 0.717) is 16.8 Å². The first-order valence-corrected chi connectivity index (χ1v) is 10.9. The fourth-order valence-corrected chi connectivity index (χ4v) is 5.39. The summed E-state index contributed by atoms with van der Waals surface area (Å²) >= 11 is 5.81. The summed E-state index contributed by atoms with van der Waals surface area (Å²) in [5.74, 6) is 1.15. The molecule has 2 unspecified atom stereocenters. The van der Waals surface area contributed by atoms with Crippen LogP contribution in [0.4, 0.5) is 0 Å². The van der Waals surface area contributed by atoms with E-state index in [0.717, 1.165) is 43.8 Å². The Bertz CT molecular complexity index is 657. The van der Waals surface area contributed by atoms with Gasteiger partial charge in [-0.05, 0) is 68.8 Å². The molecule has 6 heteroatoms. The summed E-state index contributed by atoms with van der Waals surface area (Å²) in [4.78, 5) is 2.87. The van der Waals surface area contributed by atoms with E-state index in [1.54, 1.807) is 18.2 Å². The molecule has 2 atom stereocenters. The summed E-state index contributed by atoms with van der Waals surface area (Å²) in [6.45, 7) is 4.63. The largest absolute Gasteiger partial charge is 0.300 e. The minimum atomic E-state index is -3.47. The van der Waals surface area contributed by atoms with Crippen molar-refractivity contribution in [1.82, 2.24) is 9.62 Å². The average Bonchev–Trinajstić information content (AvgIpc) is 3.03. The van der Waals surface area contributed by atoms with Crippen LogP contribution in [0.2, 0.25) is 0 Å². The van der Waals surface area contributed by atoms with Gasteiger partial charge in [-0.2, -0.15) is 0 Å². The van der Waals surface area contributed by atoms with Crippen LogP contribution in [0.25, 0.3) is 0 Å². The predicted molar refractivity (Wildman–Crippen MR) is 97.7 cm³/mol. The van der Waals surface area contributed by atoms with E-state index in [9.17, 15) is 8.42 Å². The monoisotopic (exact) mass is 370 g/mol. The third kappa shape index (κ3) is 4.31. The molecule has 1 aliphatic heterocycles. The molecule has 2 aliphatic rings. The van der Waals surface area contributed by atoms with Crippen LogP contribution >= 0.6 is 11.6 Å². The first-order chi connectivity index (χ1) is 11.5.